The summed E-state index contributed by atoms with van der Waals surface area (Å²) in [5.41, 5.74) is 0.734. The average Bonchev–Trinajstić information content (AvgIpc) is 2.71. The Labute approximate surface area is 116 Å². The van der Waals surface area contributed by atoms with Gasteiger partial charge in [-0.25, -0.2) is 14.6 Å². The number of nitrogens with zero attached hydrogens (tertiary/aromatic N) is 2. The second-order valence-electron chi connectivity index (χ2n) is 3.82. The van der Waals surface area contributed by atoms with E-state index in [0.717, 1.165) is 10.7 Å². The smallest absolute Gasteiger partial charge is 0.346 e. The third-order valence-electron chi connectivity index (χ3n) is 2.30. The Bertz CT molecular complexity index is 678. The highest BCUT2D eigenvalue weighted by molar-refractivity contribution is 7.98. The number of thiazole rings is 1. The lowest BCUT2D eigenvalue weighted by atomic mass is 10.2. The largest absolute Gasteiger partial charge is 0.478 e. The van der Waals surface area contributed by atoms with Crippen LogP contribution < -0.4 is 5.69 Å². The minimum atomic E-state index is -1.10. The van der Waals surface area contributed by atoms with Crippen LogP contribution in [0.15, 0.2) is 15.2 Å². The average molecular weight is 297 g/mol. The molecule has 2 heterocycles. The molecule has 8 heteroatoms. The number of carbonyl (C=O) groups is 1. The molecule has 2 aromatic heterocycles. The lowest BCUT2D eigenvalue weighted by molar-refractivity contribution is 0.0690. The maximum Gasteiger partial charge on any atom is 0.346 e. The molecule has 100 valence electrons. The van der Waals surface area contributed by atoms with Gasteiger partial charge in [-0.3, -0.25) is 0 Å². The van der Waals surface area contributed by atoms with Crippen LogP contribution in [0, 0.1) is 13.8 Å². The normalized spacial score (nSPS) is 10.6. The summed E-state index contributed by atoms with van der Waals surface area (Å²) < 4.78 is 0. The fourth-order valence-electron chi connectivity index (χ4n) is 1.51. The van der Waals surface area contributed by atoms with Gasteiger partial charge >= 0.3 is 11.7 Å². The Morgan fingerprint density at radius 3 is 2.79 bits per heavy atom. The molecule has 0 unspecified atom stereocenters. The van der Waals surface area contributed by atoms with Crippen molar-refractivity contribution in [3.8, 4) is 0 Å². The molecule has 0 fully saturated rings. The van der Waals surface area contributed by atoms with Gasteiger partial charge in [-0.05, 0) is 13.8 Å². The van der Waals surface area contributed by atoms with E-state index in [1.54, 1.807) is 6.92 Å². The molecule has 0 spiro atoms. The van der Waals surface area contributed by atoms with Gasteiger partial charge in [0.05, 0.1) is 5.75 Å². The van der Waals surface area contributed by atoms with Crippen LogP contribution in [-0.4, -0.2) is 26.0 Å². The molecular weight excluding hydrogens is 286 g/mol. The highest BCUT2D eigenvalue weighted by Crippen LogP contribution is 2.25. The number of hydrogen-bond donors (Lipinski definition) is 2. The number of aromatic carboxylic acids is 1. The summed E-state index contributed by atoms with van der Waals surface area (Å²) in [7, 11) is 0. The monoisotopic (exact) mass is 297 g/mol. The fraction of sp³-hybridized carbons (Fsp3) is 0.273. The molecule has 0 aromatic carbocycles. The molecule has 2 rings (SSSR count). The highest BCUT2D eigenvalue weighted by atomic mass is 32.2. The molecule has 0 radical (unpaired) electrons. The number of rotatable bonds is 4. The first-order valence-corrected chi connectivity index (χ1v) is 7.22. The number of H-pyrrole nitrogens is 1. The Balaban J connectivity index is 2.28. The molecule has 0 atom stereocenters. The molecule has 0 aliphatic heterocycles. The van der Waals surface area contributed by atoms with Crippen molar-refractivity contribution in [1.82, 2.24) is 15.0 Å². The van der Waals surface area contributed by atoms with Crippen LogP contribution >= 0.6 is 23.1 Å². The van der Waals surface area contributed by atoms with E-state index in [0.29, 0.717) is 11.4 Å². The fourth-order valence-corrected chi connectivity index (χ4v) is 3.38. The summed E-state index contributed by atoms with van der Waals surface area (Å²) in [6.45, 7) is 3.44. The van der Waals surface area contributed by atoms with Crippen molar-refractivity contribution in [3.63, 3.8) is 0 Å². The predicted molar refractivity (Wildman–Crippen MR) is 73.0 cm³/mol. The first-order valence-electron chi connectivity index (χ1n) is 5.35. The Morgan fingerprint density at radius 1 is 1.47 bits per heavy atom. The van der Waals surface area contributed by atoms with Crippen molar-refractivity contribution in [3.05, 3.63) is 37.8 Å². The van der Waals surface area contributed by atoms with Crippen molar-refractivity contribution < 1.29 is 9.90 Å². The van der Waals surface area contributed by atoms with E-state index >= 15 is 0 Å². The van der Waals surface area contributed by atoms with Gasteiger partial charge in [-0.15, -0.1) is 11.3 Å². The van der Waals surface area contributed by atoms with E-state index in [9.17, 15) is 9.59 Å². The summed E-state index contributed by atoms with van der Waals surface area (Å²) >= 11 is 2.70. The molecule has 6 nitrogen and oxygen atoms in total. The predicted octanol–water partition coefficient (Wildman–Crippen LogP) is 1.83. The second kappa shape index (κ2) is 5.54. The highest BCUT2D eigenvalue weighted by Gasteiger charge is 2.17. The van der Waals surface area contributed by atoms with Crippen LogP contribution in [0.2, 0.25) is 0 Å². The van der Waals surface area contributed by atoms with Crippen molar-refractivity contribution in [2.24, 2.45) is 0 Å². The van der Waals surface area contributed by atoms with Crippen molar-refractivity contribution in [2.45, 2.75) is 24.6 Å². The zero-order chi connectivity index (χ0) is 14.0. The topological polar surface area (TPSA) is 95.9 Å². The zero-order valence-electron chi connectivity index (χ0n) is 10.3. The van der Waals surface area contributed by atoms with E-state index in [-0.39, 0.29) is 10.6 Å². The van der Waals surface area contributed by atoms with Gasteiger partial charge in [0.15, 0.2) is 0 Å². The lowest BCUT2D eigenvalue weighted by Gasteiger charge is -2.05. The van der Waals surface area contributed by atoms with Gasteiger partial charge in [-0.2, -0.15) is 4.98 Å². The molecule has 2 N–H and O–H groups in total. The summed E-state index contributed by atoms with van der Waals surface area (Å²) in [6.07, 6.45) is 0. The molecule has 0 aliphatic rings. The first-order chi connectivity index (χ1) is 8.97. The molecule has 0 bridgehead atoms. The van der Waals surface area contributed by atoms with Crippen LogP contribution in [0.3, 0.4) is 0 Å². The number of aromatic amines is 1. The van der Waals surface area contributed by atoms with Gasteiger partial charge in [0, 0.05) is 16.8 Å². The minimum absolute atomic E-state index is 0.0397. The van der Waals surface area contributed by atoms with Gasteiger partial charge < -0.3 is 10.1 Å². The molecule has 19 heavy (non-hydrogen) atoms. The summed E-state index contributed by atoms with van der Waals surface area (Å²) in [5, 5.41) is 12.2. The first kappa shape index (κ1) is 13.8. The Kier molecular flexibility index (Phi) is 4.01. The minimum Gasteiger partial charge on any atom is -0.478 e. The third-order valence-corrected chi connectivity index (χ3v) is 4.44. The van der Waals surface area contributed by atoms with E-state index < -0.39 is 11.7 Å². The van der Waals surface area contributed by atoms with Gasteiger partial charge in [0.1, 0.15) is 15.6 Å². The maximum atomic E-state index is 11.3. The van der Waals surface area contributed by atoms with Crippen LogP contribution in [0.1, 0.15) is 26.8 Å². The molecule has 2 aromatic rings. The van der Waals surface area contributed by atoms with Crippen LogP contribution in [0.5, 0.6) is 0 Å². The zero-order valence-corrected chi connectivity index (χ0v) is 11.9. The molecular formula is C11H11N3O3S2. The Hall–Kier alpha value is -1.67. The molecule has 0 aliphatic carbocycles. The summed E-state index contributed by atoms with van der Waals surface area (Å²) in [4.78, 5) is 32.9. The Morgan fingerprint density at radius 2 is 2.21 bits per heavy atom. The number of thioether (sulfide) groups is 1. The van der Waals surface area contributed by atoms with E-state index in [1.165, 1.54) is 23.1 Å². The summed E-state index contributed by atoms with van der Waals surface area (Å²) in [5.74, 6) is -0.603. The van der Waals surface area contributed by atoms with Crippen LogP contribution in [-0.2, 0) is 5.75 Å². The SMILES string of the molecule is Cc1csc(CSc2nc(=O)[nH]c(C)c2C(=O)O)n1. The summed E-state index contributed by atoms with van der Waals surface area (Å²) in [6, 6.07) is 0. The number of aryl methyl sites for hydroxylation is 2. The van der Waals surface area contributed by atoms with Crippen LogP contribution in [0.25, 0.3) is 0 Å². The number of carboxylic acids is 1. The molecule has 0 saturated carbocycles. The lowest BCUT2D eigenvalue weighted by Crippen LogP contribution is -2.18. The number of hydrogen-bond acceptors (Lipinski definition) is 6. The van der Waals surface area contributed by atoms with E-state index in [4.69, 9.17) is 5.11 Å². The van der Waals surface area contributed by atoms with E-state index in [1.807, 2.05) is 12.3 Å². The van der Waals surface area contributed by atoms with Crippen molar-refractivity contribution in [2.75, 3.05) is 0 Å². The van der Waals surface area contributed by atoms with Crippen molar-refractivity contribution >= 4 is 29.1 Å². The van der Waals surface area contributed by atoms with Crippen LogP contribution in [0.4, 0.5) is 0 Å². The third kappa shape index (κ3) is 3.21. The van der Waals surface area contributed by atoms with Gasteiger partial charge in [0.25, 0.3) is 0 Å². The van der Waals surface area contributed by atoms with Gasteiger partial charge in [-0.1, -0.05) is 11.8 Å². The maximum absolute atomic E-state index is 11.3. The standard InChI is InChI=1S/C11H11N3O3S2/c1-5-3-18-7(12-5)4-19-9-8(10(15)16)6(2)13-11(17)14-9/h3H,4H2,1-2H3,(H,15,16)(H,13,14,17). The molecule has 0 amide bonds. The van der Waals surface area contributed by atoms with Crippen molar-refractivity contribution in [1.29, 1.82) is 0 Å². The molecule has 0 saturated heterocycles. The number of aromatic nitrogens is 3. The van der Waals surface area contributed by atoms with E-state index in [2.05, 4.69) is 15.0 Å². The number of nitrogens with one attached hydrogen (secondary N) is 1. The van der Waals surface area contributed by atoms with Gasteiger partial charge in [0.2, 0.25) is 0 Å². The number of carboxylic acid groups (broad SMARTS) is 1. The second-order valence-corrected chi connectivity index (χ2v) is 5.73. The quantitative estimate of drug-likeness (QED) is 0.660.